The van der Waals surface area contributed by atoms with Crippen molar-refractivity contribution in [1.29, 1.82) is 0 Å². The van der Waals surface area contributed by atoms with Gasteiger partial charge in [-0.15, -0.1) is 0 Å². The van der Waals surface area contributed by atoms with E-state index < -0.39 is 5.60 Å². The van der Waals surface area contributed by atoms with E-state index in [9.17, 15) is 4.79 Å². The molecule has 0 radical (unpaired) electrons. The van der Waals surface area contributed by atoms with Crippen LogP contribution in [0.2, 0.25) is 0 Å². The van der Waals surface area contributed by atoms with E-state index in [-0.39, 0.29) is 5.91 Å². The minimum absolute atomic E-state index is 0.0994. The molecule has 1 amide bonds. The zero-order valence-corrected chi connectivity index (χ0v) is 11.9. The Morgan fingerprint density at radius 3 is 2.95 bits per heavy atom. The third-order valence-corrected chi connectivity index (χ3v) is 3.68. The van der Waals surface area contributed by atoms with Crippen LogP contribution in [0.5, 0.6) is 0 Å². The fraction of sp³-hybridized carbons (Fsp3) is 0.400. The van der Waals surface area contributed by atoms with Gasteiger partial charge in [0.15, 0.2) is 5.82 Å². The molecule has 1 aromatic heterocycles. The summed E-state index contributed by atoms with van der Waals surface area (Å²) >= 11 is 0. The Balaban J connectivity index is 1.62. The molecule has 2 N–H and O–H groups in total. The summed E-state index contributed by atoms with van der Waals surface area (Å²) < 4.78 is 5.51. The highest BCUT2D eigenvalue weighted by Crippen LogP contribution is 2.25. The first-order valence-electron chi connectivity index (χ1n) is 7.06. The topological polar surface area (TPSA) is 79.9 Å². The van der Waals surface area contributed by atoms with Crippen LogP contribution >= 0.6 is 0 Å². The van der Waals surface area contributed by atoms with Crippen LogP contribution < -0.4 is 5.32 Å². The summed E-state index contributed by atoms with van der Waals surface area (Å²) in [6, 6.07) is 9.70. The minimum Gasteiger partial charge on any atom is -0.365 e. The molecule has 2 heterocycles. The Bertz CT molecular complexity index is 618. The van der Waals surface area contributed by atoms with E-state index in [2.05, 4.69) is 20.5 Å². The fourth-order valence-electron chi connectivity index (χ4n) is 2.40. The van der Waals surface area contributed by atoms with Crippen LogP contribution in [-0.4, -0.2) is 33.3 Å². The molecule has 6 heteroatoms. The summed E-state index contributed by atoms with van der Waals surface area (Å²) in [5.74, 6) is 1.16. The lowest BCUT2D eigenvalue weighted by Gasteiger charge is -2.21. The molecule has 1 aliphatic rings. The molecule has 6 nitrogen and oxygen atoms in total. The maximum absolute atomic E-state index is 12.1. The lowest BCUT2D eigenvalue weighted by Crippen LogP contribution is -2.43. The number of ether oxygens (including phenoxy) is 1. The Morgan fingerprint density at radius 1 is 1.43 bits per heavy atom. The lowest BCUT2D eigenvalue weighted by molar-refractivity contribution is -0.139. The van der Waals surface area contributed by atoms with Gasteiger partial charge in [-0.3, -0.25) is 9.89 Å². The molecular formula is C15H18N4O2. The van der Waals surface area contributed by atoms with Gasteiger partial charge in [-0.05, 0) is 19.8 Å². The number of hydrogen-bond acceptors (Lipinski definition) is 4. The summed E-state index contributed by atoms with van der Waals surface area (Å²) in [6.07, 6.45) is 1.68. The van der Waals surface area contributed by atoms with Crippen molar-refractivity contribution in [2.24, 2.45) is 0 Å². The standard InChI is InChI=1S/C15H18N4O2/c1-15(8-5-9-21-15)14(20)16-10-12-17-13(19-18-12)11-6-3-2-4-7-11/h2-4,6-7H,5,8-10H2,1H3,(H,16,20)(H,17,18,19). The Labute approximate surface area is 122 Å². The highest BCUT2D eigenvalue weighted by Gasteiger charge is 2.37. The highest BCUT2D eigenvalue weighted by molar-refractivity contribution is 5.84. The fourth-order valence-corrected chi connectivity index (χ4v) is 2.40. The van der Waals surface area contributed by atoms with E-state index in [0.29, 0.717) is 24.8 Å². The monoisotopic (exact) mass is 286 g/mol. The molecule has 1 unspecified atom stereocenters. The second-order valence-electron chi connectivity index (χ2n) is 5.34. The van der Waals surface area contributed by atoms with Crippen molar-refractivity contribution < 1.29 is 9.53 Å². The normalized spacial score (nSPS) is 21.4. The van der Waals surface area contributed by atoms with Crippen molar-refractivity contribution in [2.45, 2.75) is 31.9 Å². The highest BCUT2D eigenvalue weighted by atomic mass is 16.5. The van der Waals surface area contributed by atoms with Gasteiger partial charge in [-0.2, -0.15) is 5.10 Å². The third-order valence-electron chi connectivity index (χ3n) is 3.68. The van der Waals surface area contributed by atoms with Crippen molar-refractivity contribution >= 4 is 5.91 Å². The number of carbonyl (C=O) groups excluding carboxylic acids is 1. The van der Waals surface area contributed by atoms with E-state index in [4.69, 9.17) is 4.74 Å². The van der Waals surface area contributed by atoms with Crippen LogP contribution in [0.15, 0.2) is 30.3 Å². The largest absolute Gasteiger partial charge is 0.365 e. The number of nitrogens with one attached hydrogen (secondary N) is 2. The molecule has 0 spiro atoms. The van der Waals surface area contributed by atoms with Crippen LogP contribution in [0, 0.1) is 0 Å². The van der Waals surface area contributed by atoms with Crippen LogP contribution in [0.1, 0.15) is 25.6 Å². The van der Waals surface area contributed by atoms with E-state index in [1.165, 1.54) is 0 Å². The van der Waals surface area contributed by atoms with E-state index in [1.807, 2.05) is 37.3 Å². The van der Waals surface area contributed by atoms with Crippen molar-refractivity contribution in [3.8, 4) is 11.4 Å². The SMILES string of the molecule is CC1(C(=O)NCc2nc(-c3ccccc3)n[nH]2)CCCO1. The molecule has 1 atom stereocenters. The second-order valence-corrected chi connectivity index (χ2v) is 5.34. The molecule has 1 saturated heterocycles. The van der Waals surface area contributed by atoms with Gasteiger partial charge < -0.3 is 10.1 Å². The van der Waals surface area contributed by atoms with Crippen molar-refractivity contribution in [1.82, 2.24) is 20.5 Å². The maximum Gasteiger partial charge on any atom is 0.252 e. The molecule has 21 heavy (non-hydrogen) atoms. The van der Waals surface area contributed by atoms with E-state index in [1.54, 1.807) is 0 Å². The first-order valence-corrected chi connectivity index (χ1v) is 7.06. The predicted octanol–water partition coefficient (Wildman–Crippen LogP) is 1.66. The van der Waals surface area contributed by atoms with Gasteiger partial charge in [0, 0.05) is 12.2 Å². The number of nitrogens with zero attached hydrogens (tertiary/aromatic N) is 2. The average Bonchev–Trinajstić information content (AvgIpc) is 3.15. The first kappa shape index (κ1) is 13.8. The predicted molar refractivity (Wildman–Crippen MR) is 77.3 cm³/mol. The van der Waals surface area contributed by atoms with Crippen molar-refractivity contribution in [2.75, 3.05) is 6.61 Å². The second kappa shape index (κ2) is 5.65. The molecule has 0 bridgehead atoms. The molecule has 3 rings (SSSR count). The number of amides is 1. The van der Waals surface area contributed by atoms with Crippen molar-refractivity contribution in [3.05, 3.63) is 36.2 Å². The number of hydrogen-bond donors (Lipinski definition) is 2. The van der Waals surface area contributed by atoms with Gasteiger partial charge in [0.05, 0.1) is 6.54 Å². The number of carbonyl (C=O) groups is 1. The third kappa shape index (κ3) is 2.95. The van der Waals surface area contributed by atoms with Gasteiger partial charge in [0.1, 0.15) is 11.4 Å². The molecule has 0 aliphatic carbocycles. The minimum atomic E-state index is -0.706. The van der Waals surface area contributed by atoms with Crippen LogP contribution in [0.25, 0.3) is 11.4 Å². The summed E-state index contributed by atoms with van der Waals surface area (Å²) in [7, 11) is 0. The molecule has 0 saturated carbocycles. The van der Waals surface area contributed by atoms with E-state index >= 15 is 0 Å². The zero-order chi connectivity index (χ0) is 14.7. The summed E-state index contributed by atoms with van der Waals surface area (Å²) in [5, 5.41) is 9.86. The van der Waals surface area contributed by atoms with Crippen molar-refractivity contribution in [3.63, 3.8) is 0 Å². The molecule has 1 aliphatic heterocycles. The summed E-state index contributed by atoms with van der Waals surface area (Å²) in [5.41, 5.74) is 0.236. The van der Waals surface area contributed by atoms with Gasteiger partial charge in [0.2, 0.25) is 0 Å². The summed E-state index contributed by atoms with van der Waals surface area (Å²) in [6.45, 7) is 2.78. The van der Waals surface area contributed by atoms with Gasteiger partial charge in [0.25, 0.3) is 5.91 Å². The van der Waals surface area contributed by atoms with E-state index in [0.717, 1.165) is 18.4 Å². The van der Waals surface area contributed by atoms with Gasteiger partial charge in [-0.25, -0.2) is 4.98 Å². The first-order chi connectivity index (χ1) is 10.2. The average molecular weight is 286 g/mol. The maximum atomic E-state index is 12.1. The molecule has 2 aromatic rings. The molecule has 110 valence electrons. The number of aromatic nitrogens is 3. The van der Waals surface area contributed by atoms with Crippen LogP contribution in [0.4, 0.5) is 0 Å². The molecule has 1 fully saturated rings. The van der Waals surface area contributed by atoms with Gasteiger partial charge in [-0.1, -0.05) is 30.3 Å². The Morgan fingerprint density at radius 2 is 2.24 bits per heavy atom. The lowest BCUT2D eigenvalue weighted by atomic mass is 10.0. The number of rotatable bonds is 4. The van der Waals surface area contributed by atoms with Gasteiger partial charge >= 0.3 is 0 Å². The smallest absolute Gasteiger partial charge is 0.252 e. The Kier molecular flexibility index (Phi) is 3.70. The summed E-state index contributed by atoms with van der Waals surface area (Å²) in [4.78, 5) is 16.5. The van der Waals surface area contributed by atoms with Crippen LogP contribution in [-0.2, 0) is 16.1 Å². The Hall–Kier alpha value is -2.21. The molecular weight excluding hydrogens is 268 g/mol. The zero-order valence-electron chi connectivity index (χ0n) is 11.9. The number of benzene rings is 1. The number of aromatic amines is 1. The number of H-pyrrole nitrogens is 1. The van der Waals surface area contributed by atoms with Crippen LogP contribution in [0.3, 0.4) is 0 Å². The molecule has 1 aromatic carbocycles. The quantitative estimate of drug-likeness (QED) is 0.895.